The number of piperazine rings is 1. The maximum atomic E-state index is 12.4. The summed E-state index contributed by atoms with van der Waals surface area (Å²) < 4.78 is 28.2. The lowest BCUT2D eigenvalue weighted by Crippen LogP contribution is -2.52. The number of hydrogen-bond donors (Lipinski definition) is 0. The average Bonchev–Trinajstić information content (AvgIpc) is 2.93. The predicted molar refractivity (Wildman–Crippen MR) is 93.3 cm³/mol. The lowest BCUT2D eigenvalue weighted by atomic mass is 10.0. The summed E-state index contributed by atoms with van der Waals surface area (Å²) in [7, 11) is -1.42. The van der Waals surface area contributed by atoms with E-state index >= 15 is 0 Å². The SMILES string of the molecule is COc1cccc(N2CCN(C(=O)C[C@H]3CCS(=O)(=O)C3)CC2=O)c1. The van der Waals surface area contributed by atoms with Crippen LogP contribution in [0.15, 0.2) is 24.3 Å². The normalized spacial score (nSPS) is 22.9. The van der Waals surface area contributed by atoms with E-state index in [9.17, 15) is 18.0 Å². The van der Waals surface area contributed by atoms with Crippen LogP contribution < -0.4 is 9.64 Å². The van der Waals surface area contributed by atoms with E-state index in [2.05, 4.69) is 0 Å². The molecule has 136 valence electrons. The van der Waals surface area contributed by atoms with Crippen LogP contribution in [0.1, 0.15) is 12.8 Å². The number of benzene rings is 1. The van der Waals surface area contributed by atoms with Gasteiger partial charge >= 0.3 is 0 Å². The van der Waals surface area contributed by atoms with Gasteiger partial charge in [-0.05, 0) is 24.5 Å². The molecule has 2 aliphatic heterocycles. The fourth-order valence-corrected chi connectivity index (χ4v) is 5.21. The highest BCUT2D eigenvalue weighted by Crippen LogP contribution is 2.25. The van der Waals surface area contributed by atoms with Gasteiger partial charge in [0, 0.05) is 31.3 Å². The summed E-state index contributed by atoms with van der Waals surface area (Å²) in [6, 6.07) is 7.25. The van der Waals surface area contributed by atoms with E-state index < -0.39 is 9.84 Å². The second-order valence-corrected chi connectivity index (χ2v) is 8.76. The molecular weight excluding hydrogens is 344 g/mol. The molecule has 1 aromatic rings. The number of carbonyl (C=O) groups excluding carboxylic acids is 2. The van der Waals surface area contributed by atoms with E-state index in [0.717, 1.165) is 5.69 Å². The Morgan fingerprint density at radius 2 is 2.12 bits per heavy atom. The molecule has 1 aromatic carbocycles. The van der Waals surface area contributed by atoms with Gasteiger partial charge in [0.1, 0.15) is 12.3 Å². The molecule has 8 heteroatoms. The molecule has 0 spiro atoms. The van der Waals surface area contributed by atoms with E-state index in [1.165, 1.54) is 4.90 Å². The number of methoxy groups -OCH3 is 1. The number of rotatable bonds is 4. The van der Waals surface area contributed by atoms with E-state index in [0.29, 0.717) is 25.3 Å². The molecule has 2 saturated heterocycles. The molecule has 0 N–H and O–H groups in total. The lowest BCUT2D eigenvalue weighted by molar-refractivity contribution is -0.137. The van der Waals surface area contributed by atoms with Gasteiger partial charge in [0.05, 0.1) is 18.6 Å². The minimum absolute atomic E-state index is 0.0233. The van der Waals surface area contributed by atoms with Gasteiger partial charge in [0.2, 0.25) is 11.8 Å². The van der Waals surface area contributed by atoms with Gasteiger partial charge in [-0.25, -0.2) is 8.42 Å². The highest BCUT2D eigenvalue weighted by atomic mass is 32.2. The summed E-state index contributed by atoms with van der Waals surface area (Å²) in [6.45, 7) is 0.886. The second-order valence-electron chi connectivity index (χ2n) is 6.54. The van der Waals surface area contributed by atoms with Crippen LogP contribution in [0.25, 0.3) is 0 Å². The standard InChI is InChI=1S/C17H22N2O5S/c1-24-15-4-2-3-14(10-15)19-7-6-18(11-17(19)21)16(20)9-13-5-8-25(22,23)12-13/h2-4,10,13H,5-9,11-12H2,1H3/t13-/m1/s1. The molecule has 1 atom stereocenters. The highest BCUT2D eigenvalue weighted by Gasteiger charge is 2.33. The van der Waals surface area contributed by atoms with E-state index in [-0.39, 0.29) is 42.2 Å². The summed E-state index contributed by atoms with van der Waals surface area (Å²) in [5.74, 6) is 0.507. The molecule has 0 aliphatic carbocycles. The fraction of sp³-hybridized carbons (Fsp3) is 0.529. The number of sulfone groups is 1. The molecule has 7 nitrogen and oxygen atoms in total. The zero-order chi connectivity index (χ0) is 18.0. The van der Waals surface area contributed by atoms with Gasteiger partial charge in [-0.15, -0.1) is 0 Å². The molecule has 0 radical (unpaired) electrons. The van der Waals surface area contributed by atoms with Crippen molar-refractivity contribution in [1.29, 1.82) is 0 Å². The Bertz CT molecular complexity index is 777. The molecule has 2 amide bonds. The highest BCUT2D eigenvalue weighted by molar-refractivity contribution is 7.91. The Hall–Kier alpha value is -2.09. The van der Waals surface area contributed by atoms with E-state index in [1.807, 2.05) is 18.2 Å². The van der Waals surface area contributed by atoms with Gasteiger partial charge in [-0.1, -0.05) is 6.07 Å². The van der Waals surface area contributed by atoms with Crippen molar-refractivity contribution in [1.82, 2.24) is 4.90 Å². The molecule has 0 saturated carbocycles. The summed E-state index contributed by atoms with van der Waals surface area (Å²) in [4.78, 5) is 28.0. The maximum Gasteiger partial charge on any atom is 0.246 e. The van der Waals surface area contributed by atoms with Crippen LogP contribution >= 0.6 is 0 Å². The van der Waals surface area contributed by atoms with Gasteiger partial charge < -0.3 is 14.5 Å². The molecule has 2 heterocycles. The molecule has 2 aliphatic rings. The molecule has 3 rings (SSSR count). The number of hydrogen-bond acceptors (Lipinski definition) is 5. The Labute approximate surface area is 147 Å². The number of carbonyl (C=O) groups is 2. The molecule has 0 unspecified atom stereocenters. The van der Waals surface area contributed by atoms with Crippen LogP contribution in [0.5, 0.6) is 5.75 Å². The van der Waals surface area contributed by atoms with Crippen molar-refractivity contribution in [2.75, 3.05) is 43.1 Å². The van der Waals surface area contributed by atoms with Crippen LogP contribution in [0.3, 0.4) is 0 Å². The average molecular weight is 366 g/mol. The van der Waals surface area contributed by atoms with Crippen molar-refractivity contribution in [3.8, 4) is 5.75 Å². The first-order valence-electron chi connectivity index (χ1n) is 8.30. The Morgan fingerprint density at radius 3 is 2.76 bits per heavy atom. The van der Waals surface area contributed by atoms with Crippen molar-refractivity contribution >= 4 is 27.3 Å². The largest absolute Gasteiger partial charge is 0.497 e. The summed E-state index contributed by atoms with van der Waals surface area (Å²) in [6.07, 6.45) is 0.734. The van der Waals surface area contributed by atoms with Crippen molar-refractivity contribution in [3.05, 3.63) is 24.3 Å². The Kier molecular flexibility index (Phi) is 4.99. The van der Waals surface area contributed by atoms with Crippen molar-refractivity contribution in [2.45, 2.75) is 12.8 Å². The molecule has 25 heavy (non-hydrogen) atoms. The quantitative estimate of drug-likeness (QED) is 0.783. The smallest absolute Gasteiger partial charge is 0.246 e. The third-order valence-electron chi connectivity index (χ3n) is 4.73. The molecule has 2 fully saturated rings. The van der Waals surface area contributed by atoms with Crippen LogP contribution in [-0.2, 0) is 19.4 Å². The summed E-state index contributed by atoms with van der Waals surface area (Å²) in [5, 5.41) is 0. The van der Waals surface area contributed by atoms with Gasteiger partial charge in [0.25, 0.3) is 0 Å². The Balaban J connectivity index is 1.59. The topological polar surface area (TPSA) is 84.0 Å². The second kappa shape index (κ2) is 7.03. The lowest BCUT2D eigenvalue weighted by Gasteiger charge is -2.34. The van der Waals surface area contributed by atoms with E-state index in [4.69, 9.17) is 4.74 Å². The monoisotopic (exact) mass is 366 g/mol. The fourth-order valence-electron chi connectivity index (χ4n) is 3.35. The van der Waals surface area contributed by atoms with Crippen molar-refractivity contribution in [3.63, 3.8) is 0 Å². The predicted octanol–water partition coefficient (Wildman–Crippen LogP) is 0.695. The van der Waals surface area contributed by atoms with Crippen LogP contribution in [0, 0.1) is 5.92 Å². The van der Waals surface area contributed by atoms with E-state index in [1.54, 1.807) is 18.1 Å². The third kappa shape index (κ3) is 4.12. The number of ether oxygens (including phenoxy) is 1. The first kappa shape index (κ1) is 17.7. The minimum Gasteiger partial charge on any atom is -0.497 e. The van der Waals surface area contributed by atoms with Crippen LogP contribution in [-0.4, -0.2) is 63.4 Å². The first-order chi connectivity index (χ1) is 11.9. The van der Waals surface area contributed by atoms with Crippen LogP contribution in [0.2, 0.25) is 0 Å². The maximum absolute atomic E-state index is 12.4. The van der Waals surface area contributed by atoms with Gasteiger partial charge in [0.15, 0.2) is 9.84 Å². The summed E-state index contributed by atoms with van der Waals surface area (Å²) in [5.41, 5.74) is 0.748. The number of anilines is 1. The molecule has 0 aromatic heterocycles. The molecule has 0 bridgehead atoms. The van der Waals surface area contributed by atoms with Gasteiger partial charge in [-0.2, -0.15) is 0 Å². The minimum atomic E-state index is -2.99. The van der Waals surface area contributed by atoms with Crippen molar-refractivity contribution in [2.24, 2.45) is 5.92 Å². The Morgan fingerprint density at radius 1 is 1.32 bits per heavy atom. The number of amides is 2. The zero-order valence-corrected chi connectivity index (χ0v) is 15.0. The zero-order valence-electron chi connectivity index (χ0n) is 14.2. The third-order valence-corrected chi connectivity index (χ3v) is 6.57. The van der Waals surface area contributed by atoms with Crippen molar-refractivity contribution < 1.29 is 22.7 Å². The van der Waals surface area contributed by atoms with Gasteiger partial charge in [-0.3, -0.25) is 9.59 Å². The van der Waals surface area contributed by atoms with Crippen LogP contribution in [0.4, 0.5) is 5.69 Å². The molecular formula is C17H22N2O5S. The first-order valence-corrected chi connectivity index (χ1v) is 10.1. The summed E-state index contributed by atoms with van der Waals surface area (Å²) >= 11 is 0. The number of nitrogens with zero attached hydrogens (tertiary/aromatic N) is 2.